The molecule has 3 rings (SSSR count). The number of rotatable bonds is 6. The van der Waals surface area contributed by atoms with Crippen molar-refractivity contribution in [1.82, 2.24) is 0 Å². The minimum atomic E-state index is -4.68. The summed E-state index contributed by atoms with van der Waals surface area (Å²) in [6.07, 6.45) is -10.9. The molecule has 0 spiro atoms. The van der Waals surface area contributed by atoms with Crippen molar-refractivity contribution in [3.63, 3.8) is 0 Å². The predicted molar refractivity (Wildman–Crippen MR) is 91.6 cm³/mol. The van der Waals surface area contributed by atoms with Gasteiger partial charge >= 0.3 is 6.18 Å². The second-order valence-corrected chi connectivity index (χ2v) is 6.38. The van der Waals surface area contributed by atoms with Crippen molar-refractivity contribution in [2.75, 3.05) is 0 Å². The first-order valence-electron chi connectivity index (χ1n) is 8.65. The van der Waals surface area contributed by atoms with Gasteiger partial charge in [-0.1, -0.05) is 60.7 Å². The third kappa shape index (κ3) is 5.52. The van der Waals surface area contributed by atoms with E-state index >= 15 is 0 Å². The predicted octanol–water partition coefficient (Wildman–Crippen LogP) is 3.83. The van der Waals surface area contributed by atoms with Gasteiger partial charge < -0.3 is 19.3 Å². The van der Waals surface area contributed by atoms with Crippen LogP contribution < -0.4 is 0 Å². The van der Waals surface area contributed by atoms with Gasteiger partial charge in [0.05, 0.1) is 19.3 Å². The molecule has 0 saturated carbocycles. The highest BCUT2D eigenvalue weighted by molar-refractivity contribution is 5.14. The van der Waals surface area contributed by atoms with Crippen LogP contribution in [0.2, 0.25) is 0 Å². The van der Waals surface area contributed by atoms with Crippen molar-refractivity contribution < 1.29 is 32.5 Å². The van der Waals surface area contributed by atoms with E-state index in [4.69, 9.17) is 14.2 Å². The molecule has 0 aromatic heterocycles. The van der Waals surface area contributed by atoms with E-state index in [1.165, 1.54) is 0 Å². The number of hydrogen-bond acceptors (Lipinski definition) is 4. The average molecular weight is 382 g/mol. The minimum Gasteiger partial charge on any atom is -0.371 e. The van der Waals surface area contributed by atoms with E-state index in [0.29, 0.717) is 0 Å². The average Bonchev–Trinajstić information content (AvgIpc) is 2.66. The van der Waals surface area contributed by atoms with Gasteiger partial charge in [0, 0.05) is 6.42 Å². The highest BCUT2D eigenvalue weighted by Crippen LogP contribution is 2.35. The van der Waals surface area contributed by atoms with Crippen LogP contribution >= 0.6 is 0 Å². The van der Waals surface area contributed by atoms with Crippen molar-refractivity contribution in [1.29, 1.82) is 0 Å². The summed E-state index contributed by atoms with van der Waals surface area (Å²) in [5.74, 6) is 0. The molecule has 0 unspecified atom stereocenters. The van der Waals surface area contributed by atoms with E-state index < -0.39 is 30.8 Å². The SMILES string of the molecule is O[C@@H]1C[C@@H](OCc2ccccc2)[C@@H](OCc2ccccc2)[C@@H](C(F)(F)F)O1. The van der Waals surface area contributed by atoms with Gasteiger partial charge in [-0.05, 0) is 11.1 Å². The topological polar surface area (TPSA) is 47.9 Å². The molecule has 1 fully saturated rings. The Labute approximate surface area is 155 Å². The largest absolute Gasteiger partial charge is 0.417 e. The monoisotopic (exact) mass is 382 g/mol. The van der Waals surface area contributed by atoms with Gasteiger partial charge in [0.25, 0.3) is 0 Å². The lowest BCUT2D eigenvalue weighted by molar-refractivity contribution is -0.332. The van der Waals surface area contributed by atoms with E-state index in [0.717, 1.165) is 11.1 Å². The van der Waals surface area contributed by atoms with Crippen LogP contribution in [0, 0.1) is 0 Å². The summed E-state index contributed by atoms with van der Waals surface area (Å²) in [5.41, 5.74) is 1.57. The summed E-state index contributed by atoms with van der Waals surface area (Å²) in [7, 11) is 0. The number of aliphatic hydroxyl groups excluding tert-OH is 1. The fraction of sp³-hybridized carbons (Fsp3) is 0.400. The fourth-order valence-corrected chi connectivity index (χ4v) is 3.00. The summed E-state index contributed by atoms with van der Waals surface area (Å²) in [6.45, 7) is 0.108. The number of ether oxygens (including phenoxy) is 3. The van der Waals surface area contributed by atoms with Crippen molar-refractivity contribution >= 4 is 0 Å². The molecule has 2 aromatic rings. The van der Waals surface area contributed by atoms with Crippen molar-refractivity contribution in [2.24, 2.45) is 0 Å². The Morgan fingerprint density at radius 3 is 1.93 bits per heavy atom. The Bertz CT molecular complexity index is 693. The summed E-state index contributed by atoms with van der Waals surface area (Å²) in [6, 6.07) is 18.0. The molecule has 4 atom stereocenters. The first kappa shape index (κ1) is 19.8. The van der Waals surface area contributed by atoms with Crippen molar-refractivity contribution in [2.45, 2.75) is 50.4 Å². The molecule has 0 amide bonds. The van der Waals surface area contributed by atoms with Gasteiger partial charge in [0.15, 0.2) is 12.4 Å². The molecule has 1 aliphatic rings. The Hall–Kier alpha value is -1.93. The molecule has 1 saturated heterocycles. The van der Waals surface area contributed by atoms with Gasteiger partial charge in [-0.15, -0.1) is 0 Å². The van der Waals surface area contributed by atoms with Crippen molar-refractivity contribution in [3.05, 3.63) is 71.8 Å². The molecule has 0 aliphatic carbocycles. The van der Waals surface area contributed by atoms with Crippen LogP contribution in [0.3, 0.4) is 0 Å². The minimum absolute atomic E-state index is 0.0112. The van der Waals surface area contributed by atoms with Gasteiger partial charge in [0.2, 0.25) is 0 Å². The Morgan fingerprint density at radius 1 is 0.889 bits per heavy atom. The summed E-state index contributed by atoms with van der Waals surface area (Å²) < 4.78 is 56.4. The highest BCUT2D eigenvalue weighted by Gasteiger charge is 2.53. The summed E-state index contributed by atoms with van der Waals surface area (Å²) in [5, 5.41) is 9.76. The molecule has 1 N–H and O–H groups in total. The maximum absolute atomic E-state index is 13.5. The van der Waals surface area contributed by atoms with E-state index in [1.54, 1.807) is 24.3 Å². The smallest absolute Gasteiger partial charge is 0.371 e. The van der Waals surface area contributed by atoms with E-state index in [1.807, 2.05) is 36.4 Å². The zero-order chi connectivity index (χ0) is 19.3. The molecule has 4 nitrogen and oxygen atoms in total. The van der Waals surface area contributed by atoms with Crippen LogP contribution in [0.5, 0.6) is 0 Å². The van der Waals surface area contributed by atoms with E-state index in [9.17, 15) is 18.3 Å². The third-order valence-corrected chi connectivity index (χ3v) is 4.32. The molecule has 7 heteroatoms. The molecule has 0 bridgehead atoms. The molecule has 2 aromatic carbocycles. The quantitative estimate of drug-likeness (QED) is 0.825. The zero-order valence-electron chi connectivity index (χ0n) is 14.5. The second-order valence-electron chi connectivity index (χ2n) is 6.38. The van der Waals surface area contributed by atoms with Gasteiger partial charge in [-0.25, -0.2) is 0 Å². The lowest BCUT2D eigenvalue weighted by atomic mass is 10.00. The molecule has 1 heterocycles. The summed E-state index contributed by atoms with van der Waals surface area (Å²) >= 11 is 0. The molecular formula is C20H21F3O4. The second kappa shape index (κ2) is 8.84. The van der Waals surface area contributed by atoms with Gasteiger partial charge in [0.1, 0.15) is 6.10 Å². The van der Waals surface area contributed by atoms with E-state index in [-0.39, 0.29) is 19.6 Å². The normalized spacial score (nSPS) is 26.1. The molecule has 27 heavy (non-hydrogen) atoms. The Balaban J connectivity index is 1.73. The van der Waals surface area contributed by atoms with Crippen LogP contribution in [-0.2, 0) is 27.4 Å². The Kier molecular flexibility index (Phi) is 6.49. The van der Waals surface area contributed by atoms with Gasteiger partial charge in [-0.3, -0.25) is 0 Å². The standard InChI is InChI=1S/C20H21F3O4/c21-20(22,23)19-18(26-13-15-9-5-2-6-10-15)16(11-17(24)27-19)25-12-14-7-3-1-4-8-14/h1-10,16-19,24H,11-13H2/t16-,17+,18-,19+/m1/s1. The third-order valence-electron chi connectivity index (χ3n) is 4.32. The number of aliphatic hydroxyl groups is 1. The molecular weight excluding hydrogens is 361 g/mol. The maximum Gasteiger partial charge on any atom is 0.417 e. The fourth-order valence-electron chi connectivity index (χ4n) is 3.00. The lowest BCUT2D eigenvalue weighted by Crippen LogP contribution is -2.56. The number of hydrogen-bond donors (Lipinski definition) is 1. The van der Waals surface area contributed by atoms with E-state index in [2.05, 4.69) is 0 Å². The Morgan fingerprint density at radius 2 is 1.41 bits per heavy atom. The number of halogens is 3. The molecule has 146 valence electrons. The maximum atomic E-state index is 13.5. The number of benzene rings is 2. The zero-order valence-corrected chi connectivity index (χ0v) is 14.5. The summed E-state index contributed by atoms with van der Waals surface area (Å²) in [4.78, 5) is 0. The van der Waals surface area contributed by atoms with Crippen LogP contribution in [-0.4, -0.2) is 35.9 Å². The van der Waals surface area contributed by atoms with Crippen LogP contribution in [0.25, 0.3) is 0 Å². The molecule has 0 radical (unpaired) electrons. The van der Waals surface area contributed by atoms with Crippen LogP contribution in [0.4, 0.5) is 13.2 Å². The number of alkyl halides is 3. The van der Waals surface area contributed by atoms with Gasteiger partial charge in [-0.2, -0.15) is 13.2 Å². The van der Waals surface area contributed by atoms with Crippen LogP contribution in [0.15, 0.2) is 60.7 Å². The highest BCUT2D eigenvalue weighted by atomic mass is 19.4. The first-order valence-corrected chi connectivity index (χ1v) is 8.65. The first-order chi connectivity index (χ1) is 12.9. The van der Waals surface area contributed by atoms with Crippen molar-refractivity contribution in [3.8, 4) is 0 Å². The molecule has 1 aliphatic heterocycles. The lowest BCUT2D eigenvalue weighted by Gasteiger charge is -2.40. The van der Waals surface area contributed by atoms with Crippen LogP contribution in [0.1, 0.15) is 17.5 Å².